The van der Waals surface area contributed by atoms with E-state index in [1.807, 2.05) is 12.1 Å². The van der Waals surface area contributed by atoms with Gasteiger partial charge in [-0.3, -0.25) is 5.43 Å². The van der Waals surface area contributed by atoms with Crippen molar-refractivity contribution in [2.45, 2.75) is 46.0 Å². The van der Waals surface area contributed by atoms with E-state index < -0.39 is 0 Å². The molecule has 4 heteroatoms. The van der Waals surface area contributed by atoms with Gasteiger partial charge in [0.1, 0.15) is 0 Å². The molecule has 0 atom stereocenters. The number of nitrogens with one attached hydrogen (secondary N) is 2. The number of benzene rings is 1. The third kappa shape index (κ3) is 4.03. The normalized spacial score (nSPS) is 14.9. The molecule has 0 heterocycles. The molecular formula is C15H21N3S. The molecule has 2 N–H and O–H groups in total. The van der Waals surface area contributed by atoms with Gasteiger partial charge in [0.05, 0.1) is 0 Å². The Kier molecular flexibility index (Phi) is 4.91. The lowest BCUT2D eigenvalue weighted by Gasteiger charge is -2.14. The monoisotopic (exact) mass is 275 g/mol. The lowest BCUT2D eigenvalue weighted by atomic mass is 9.99. The molecule has 102 valence electrons. The summed E-state index contributed by atoms with van der Waals surface area (Å²) in [4.78, 5) is 0. The standard InChI is InChI=1S/C15H21N3S/c1-11-7-6-10-14(12(11)2)16-15(19)18-17-13-8-4-3-5-9-13/h6-7,10H,3-5,8-9H2,1-2H3,(H2,16,18,19). The fourth-order valence-electron chi connectivity index (χ4n) is 2.24. The minimum Gasteiger partial charge on any atom is -0.331 e. The summed E-state index contributed by atoms with van der Waals surface area (Å²) in [6.45, 7) is 4.19. The van der Waals surface area contributed by atoms with E-state index in [0.29, 0.717) is 5.11 Å². The predicted molar refractivity (Wildman–Crippen MR) is 85.8 cm³/mol. The maximum Gasteiger partial charge on any atom is 0.191 e. The molecule has 2 rings (SSSR count). The maximum atomic E-state index is 5.28. The van der Waals surface area contributed by atoms with Crippen LogP contribution in [0.15, 0.2) is 23.3 Å². The SMILES string of the molecule is Cc1cccc(NC(=S)NN=C2CCCCC2)c1C. The highest BCUT2D eigenvalue weighted by Crippen LogP contribution is 2.18. The summed E-state index contributed by atoms with van der Waals surface area (Å²) >= 11 is 5.28. The van der Waals surface area contributed by atoms with Crippen molar-refractivity contribution in [1.29, 1.82) is 0 Å². The number of hydrazone groups is 1. The van der Waals surface area contributed by atoms with Crippen molar-refractivity contribution in [2.75, 3.05) is 5.32 Å². The Balaban J connectivity index is 1.92. The minimum absolute atomic E-state index is 0.562. The Hall–Kier alpha value is -1.42. The second kappa shape index (κ2) is 6.66. The van der Waals surface area contributed by atoms with Crippen LogP contribution in [0, 0.1) is 13.8 Å². The Morgan fingerprint density at radius 3 is 2.63 bits per heavy atom. The molecule has 1 aliphatic rings. The minimum atomic E-state index is 0.562. The van der Waals surface area contributed by atoms with Gasteiger partial charge in [-0.25, -0.2) is 0 Å². The Morgan fingerprint density at radius 2 is 1.89 bits per heavy atom. The number of rotatable bonds is 2. The molecule has 0 saturated heterocycles. The summed E-state index contributed by atoms with van der Waals surface area (Å²) in [6, 6.07) is 6.16. The number of thiocarbonyl (C=S) groups is 1. The largest absolute Gasteiger partial charge is 0.331 e. The maximum absolute atomic E-state index is 5.28. The predicted octanol–water partition coefficient (Wildman–Crippen LogP) is 3.91. The molecule has 0 aromatic heterocycles. The zero-order valence-corrected chi connectivity index (χ0v) is 12.4. The highest BCUT2D eigenvalue weighted by atomic mass is 32.1. The first-order valence-electron chi connectivity index (χ1n) is 6.85. The molecule has 1 aromatic carbocycles. The molecule has 0 aliphatic heterocycles. The Morgan fingerprint density at radius 1 is 1.16 bits per heavy atom. The van der Waals surface area contributed by atoms with Gasteiger partial charge in [0.15, 0.2) is 5.11 Å². The van der Waals surface area contributed by atoms with Gasteiger partial charge in [0, 0.05) is 11.4 Å². The fourth-order valence-corrected chi connectivity index (χ4v) is 2.39. The highest BCUT2D eigenvalue weighted by molar-refractivity contribution is 7.80. The van der Waals surface area contributed by atoms with E-state index in [4.69, 9.17) is 12.2 Å². The van der Waals surface area contributed by atoms with E-state index in [1.165, 1.54) is 36.1 Å². The van der Waals surface area contributed by atoms with Gasteiger partial charge in [-0.05, 0) is 68.9 Å². The van der Waals surface area contributed by atoms with Crippen LogP contribution in [0.4, 0.5) is 5.69 Å². The second-order valence-corrected chi connectivity index (χ2v) is 5.46. The Bertz CT molecular complexity index is 486. The molecule has 0 unspecified atom stereocenters. The highest BCUT2D eigenvalue weighted by Gasteiger charge is 2.07. The van der Waals surface area contributed by atoms with Gasteiger partial charge in [-0.1, -0.05) is 18.6 Å². The Labute approximate surface area is 120 Å². The average Bonchev–Trinajstić information content (AvgIpc) is 2.43. The van der Waals surface area contributed by atoms with Crippen molar-refractivity contribution in [3.8, 4) is 0 Å². The first-order valence-corrected chi connectivity index (χ1v) is 7.26. The lowest BCUT2D eigenvalue weighted by molar-refractivity contribution is 0.661. The summed E-state index contributed by atoms with van der Waals surface area (Å²) in [6.07, 6.45) is 6.01. The molecule has 19 heavy (non-hydrogen) atoms. The first-order chi connectivity index (χ1) is 9.16. The number of anilines is 1. The lowest BCUT2D eigenvalue weighted by Crippen LogP contribution is -2.26. The van der Waals surface area contributed by atoms with Crippen LogP contribution in [0.3, 0.4) is 0 Å². The van der Waals surface area contributed by atoms with E-state index in [9.17, 15) is 0 Å². The van der Waals surface area contributed by atoms with Crippen LogP contribution >= 0.6 is 12.2 Å². The van der Waals surface area contributed by atoms with Crippen molar-refractivity contribution >= 4 is 28.7 Å². The molecule has 0 spiro atoms. The van der Waals surface area contributed by atoms with Crippen LogP contribution in [0.2, 0.25) is 0 Å². The van der Waals surface area contributed by atoms with Crippen LogP contribution in [0.5, 0.6) is 0 Å². The molecule has 0 amide bonds. The molecule has 0 bridgehead atoms. The molecule has 1 aromatic rings. The molecule has 1 fully saturated rings. The van der Waals surface area contributed by atoms with Crippen LogP contribution in [-0.4, -0.2) is 10.8 Å². The number of aryl methyl sites for hydroxylation is 1. The van der Waals surface area contributed by atoms with Crippen LogP contribution < -0.4 is 10.7 Å². The van der Waals surface area contributed by atoms with E-state index in [2.05, 4.69) is 35.8 Å². The molecular weight excluding hydrogens is 254 g/mol. The van der Waals surface area contributed by atoms with E-state index in [0.717, 1.165) is 18.5 Å². The number of hydrogen-bond donors (Lipinski definition) is 2. The second-order valence-electron chi connectivity index (χ2n) is 5.05. The zero-order chi connectivity index (χ0) is 13.7. The van der Waals surface area contributed by atoms with Gasteiger partial charge in [0.25, 0.3) is 0 Å². The van der Waals surface area contributed by atoms with Crippen LogP contribution in [-0.2, 0) is 0 Å². The average molecular weight is 275 g/mol. The number of nitrogens with zero attached hydrogens (tertiary/aromatic N) is 1. The van der Waals surface area contributed by atoms with E-state index >= 15 is 0 Å². The van der Waals surface area contributed by atoms with Crippen molar-refractivity contribution in [3.63, 3.8) is 0 Å². The third-order valence-electron chi connectivity index (χ3n) is 3.60. The van der Waals surface area contributed by atoms with Gasteiger partial charge in [-0.2, -0.15) is 5.10 Å². The summed E-state index contributed by atoms with van der Waals surface area (Å²) in [7, 11) is 0. The summed E-state index contributed by atoms with van der Waals surface area (Å²) < 4.78 is 0. The van der Waals surface area contributed by atoms with Crippen LogP contribution in [0.1, 0.15) is 43.2 Å². The van der Waals surface area contributed by atoms with Gasteiger partial charge >= 0.3 is 0 Å². The molecule has 3 nitrogen and oxygen atoms in total. The van der Waals surface area contributed by atoms with Crippen molar-refractivity contribution < 1.29 is 0 Å². The van der Waals surface area contributed by atoms with Gasteiger partial charge in [-0.15, -0.1) is 0 Å². The summed E-state index contributed by atoms with van der Waals surface area (Å²) in [5.74, 6) is 0. The van der Waals surface area contributed by atoms with E-state index in [-0.39, 0.29) is 0 Å². The summed E-state index contributed by atoms with van der Waals surface area (Å²) in [5, 5.41) is 8.16. The molecule has 1 saturated carbocycles. The van der Waals surface area contributed by atoms with Crippen molar-refractivity contribution in [2.24, 2.45) is 5.10 Å². The smallest absolute Gasteiger partial charge is 0.191 e. The van der Waals surface area contributed by atoms with Crippen LogP contribution in [0.25, 0.3) is 0 Å². The molecule has 1 aliphatic carbocycles. The van der Waals surface area contributed by atoms with Crippen molar-refractivity contribution in [1.82, 2.24) is 5.43 Å². The van der Waals surface area contributed by atoms with E-state index in [1.54, 1.807) is 0 Å². The van der Waals surface area contributed by atoms with Crippen molar-refractivity contribution in [3.05, 3.63) is 29.3 Å². The quantitative estimate of drug-likeness (QED) is 0.634. The van der Waals surface area contributed by atoms with Gasteiger partial charge in [0.2, 0.25) is 0 Å². The van der Waals surface area contributed by atoms with Gasteiger partial charge < -0.3 is 5.32 Å². The number of hydrogen-bond acceptors (Lipinski definition) is 2. The fraction of sp³-hybridized carbons (Fsp3) is 0.467. The first kappa shape index (κ1) is 14.0. The third-order valence-corrected chi connectivity index (χ3v) is 3.79. The topological polar surface area (TPSA) is 36.4 Å². The summed E-state index contributed by atoms with van der Waals surface area (Å²) in [5.41, 5.74) is 7.71. The molecule has 0 radical (unpaired) electrons. The zero-order valence-electron chi connectivity index (χ0n) is 11.6.